The molecule has 0 fully saturated rings. The molecule has 5 heteroatoms. The molecule has 2 amide bonds. The summed E-state index contributed by atoms with van der Waals surface area (Å²) in [6, 6.07) is 5.62. The molecule has 1 aromatic carbocycles. The van der Waals surface area contributed by atoms with Crippen molar-refractivity contribution in [2.24, 2.45) is 0 Å². The highest BCUT2D eigenvalue weighted by atomic mass is 79.9. The quantitative estimate of drug-likeness (QED) is 0.762. The van der Waals surface area contributed by atoms with E-state index in [-0.39, 0.29) is 18.4 Å². The number of nitrogens with zero attached hydrogens (tertiary/aromatic N) is 1. The molecule has 0 radical (unpaired) electrons. The molecule has 116 valence electrons. The van der Waals surface area contributed by atoms with Gasteiger partial charge in [-0.1, -0.05) is 35.7 Å². The van der Waals surface area contributed by atoms with E-state index in [4.69, 9.17) is 0 Å². The maximum absolute atomic E-state index is 11.9. The van der Waals surface area contributed by atoms with Crippen LogP contribution >= 0.6 is 15.9 Å². The van der Waals surface area contributed by atoms with Crippen molar-refractivity contribution in [1.29, 1.82) is 0 Å². The van der Waals surface area contributed by atoms with Crippen LogP contribution in [-0.4, -0.2) is 24.9 Å². The minimum absolute atomic E-state index is 0.0581. The fourth-order valence-corrected chi connectivity index (χ4v) is 2.23. The lowest BCUT2D eigenvalue weighted by Crippen LogP contribution is -2.40. The highest BCUT2D eigenvalue weighted by molar-refractivity contribution is 9.10. The lowest BCUT2D eigenvalue weighted by Gasteiger charge is -2.21. The van der Waals surface area contributed by atoms with E-state index in [0.717, 1.165) is 35.0 Å². The van der Waals surface area contributed by atoms with E-state index in [1.165, 1.54) is 11.8 Å². The zero-order chi connectivity index (χ0) is 15.8. The monoisotopic (exact) mass is 354 g/mol. The first kappa shape index (κ1) is 17.7. The molecule has 1 aromatic rings. The molecular formula is C16H23BrN2O2. The Balaban J connectivity index is 2.67. The Labute approximate surface area is 135 Å². The van der Waals surface area contributed by atoms with Gasteiger partial charge in [-0.05, 0) is 37.1 Å². The summed E-state index contributed by atoms with van der Waals surface area (Å²) in [4.78, 5) is 25.2. The zero-order valence-corrected chi connectivity index (χ0v) is 14.5. The maximum atomic E-state index is 11.9. The third-order valence-electron chi connectivity index (χ3n) is 3.24. The van der Waals surface area contributed by atoms with Gasteiger partial charge in [-0.3, -0.25) is 9.59 Å². The molecule has 0 atom stereocenters. The van der Waals surface area contributed by atoms with Crippen LogP contribution in [0.1, 0.15) is 38.7 Å². The summed E-state index contributed by atoms with van der Waals surface area (Å²) in [5, 5.41) is 2.86. The lowest BCUT2D eigenvalue weighted by molar-refractivity contribution is -0.123. The largest absolute Gasteiger partial charge is 0.355 e. The van der Waals surface area contributed by atoms with Crippen LogP contribution in [0.4, 0.5) is 5.69 Å². The summed E-state index contributed by atoms with van der Waals surface area (Å²) >= 11 is 3.43. The van der Waals surface area contributed by atoms with Crippen molar-refractivity contribution in [1.82, 2.24) is 5.32 Å². The SMILES string of the molecule is CCCCCNC(=O)CN(C(C)=O)c1ccc(Br)c(C)c1. The third-order valence-corrected chi connectivity index (χ3v) is 4.13. The van der Waals surface area contributed by atoms with Crippen LogP contribution < -0.4 is 10.2 Å². The second kappa shape index (κ2) is 8.82. The second-order valence-electron chi connectivity index (χ2n) is 5.10. The number of amides is 2. The Morgan fingerprint density at radius 1 is 1.29 bits per heavy atom. The van der Waals surface area contributed by atoms with E-state index >= 15 is 0 Å². The van der Waals surface area contributed by atoms with E-state index < -0.39 is 0 Å². The Kier molecular flexibility index (Phi) is 7.43. The third kappa shape index (κ3) is 5.87. The van der Waals surface area contributed by atoms with Crippen LogP contribution in [0.25, 0.3) is 0 Å². The molecule has 0 bridgehead atoms. The van der Waals surface area contributed by atoms with E-state index in [0.29, 0.717) is 6.54 Å². The standard InChI is InChI=1S/C16H23BrN2O2/c1-4-5-6-9-18-16(21)11-19(13(3)20)14-7-8-15(17)12(2)10-14/h7-8,10H,4-6,9,11H2,1-3H3,(H,18,21). The highest BCUT2D eigenvalue weighted by Crippen LogP contribution is 2.23. The average Bonchev–Trinajstić information content (AvgIpc) is 2.44. The number of hydrogen-bond acceptors (Lipinski definition) is 2. The molecule has 1 rings (SSSR count). The maximum Gasteiger partial charge on any atom is 0.240 e. The van der Waals surface area contributed by atoms with Gasteiger partial charge in [0, 0.05) is 23.6 Å². The van der Waals surface area contributed by atoms with Crippen LogP contribution in [0.3, 0.4) is 0 Å². The Hall–Kier alpha value is -1.36. The molecule has 0 saturated heterocycles. The van der Waals surface area contributed by atoms with Gasteiger partial charge in [0.25, 0.3) is 0 Å². The number of nitrogens with one attached hydrogen (secondary N) is 1. The summed E-state index contributed by atoms with van der Waals surface area (Å²) in [7, 11) is 0. The number of benzene rings is 1. The Morgan fingerprint density at radius 2 is 2.00 bits per heavy atom. The Morgan fingerprint density at radius 3 is 2.57 bits per heavy atom. The van der Waals surface area contributed by atoms with Gasteiger partial charge in [0.15, 0.2) is 0 Å². The minimum atomic E-state index is -0.138. The zero-order valence-electron chi connectivity index (χ0n) is 12.9. The van der Waals surface area contributed by atoms with Crippen LogP contribution in [0.2, 0.25) is 0 Å². The molecule has 0 aliphatic heterocycles. The number of rotatable bonds is 7. The van der Waals surface area contributed by atoms with Gasteiger partial charge in [0.2, 0.25) is 11.8 Å². The molecule has 0 unspecified atom stereocenters. The molecular weight excluding hydrogens is 332 g/mol. The van der Waals surface area contributed by atoms with E-state index in [2.05, 4.69) is 28.2 Å². The Bertz CT molecular complexity index is 503. The molecule has 0 heterocycles. The molecule has 4 nitrogen and oxygen atoms in total. The first-order valence-electron chi connectivity index (χ1n) is 7.26. The number of hydrogen-bond donors (Lipinski definition) is 1. The first-order chi connectivity index (χ1) is 9.95. The first-order valence-corrected chi connectivity index (χ1v) is 8.06. The van der Waals surface area contributed by atoms with Crippen molar-refractivity contribution in [3.63, 3.8) is 0 Å². The van der Waals surface area contributed by atoms with E-state index in [1.807, 2.05) is 25.1 Å². The van der Waals surface area contributed by atoms with Crippen molar-refractivity contribution >= 4 is 33.4 Å². The van der Waals surface area contributed by atoms with Crippen LogP contribution in [0.5, 0.6) is 0 Å². The topological polar surface area (TPSA) is 49.4 Å². The van der Waals surface area contributed by atoms with Gasteiger partial charge >= 0.3 is 0 Å². The molecule has 1 N–H and O–H groups in total. The number of aryl methyl sites for hydroxylation is 1. The van der Waals surface area contributed by atoms with Crippen LogP contribution in [-0.2, 0) is 9.59 Å². The minimum Gasteiger partial charge on any atom is -0.355 e. The van der Waals surface area contributed by atoms with Gasteiger partial charge < -0.3 is 10.2 Å². The summed E-state index contributed by atoms with van der Waals surface area (Å²) in [5.41, 5.74) is 1.77. The predicted molar refractivity (Wildman–Crippen MR) is 89.4 cm³/mol. The summed E-state index contributed by atoms with van der Waals surface area (Å²) in [6.07, 6.45) is 3.19. The van der Waals surface area contributed by atoms with E-state index in [9.17, 15) is 9.59 Å². The number of carbonyl (C=O) groups is 2. The molecule has 0 spiro atoms. The van der Waals surface area contributed by atoms with Gasteiger partial charge in [-0.25, -0.2) is 0 Å². The predicted octanol–water partition coefficient (Wildman–Crippen LogP) is 3.42. The van der Waals surface area contributed by atoms with Gasteiger partial charge in [0.1, 0.15) is 6.54 Å². The number of anilines is 1. The molecule has 0 saturated carbocycles. The fraction of sp³-hybridized carbons (Fsp3) is 0.500. The normalized spacial score (nSPS) is 10.3. The smallest absolute Gasteiger partial charge is 0.240 e. The number of halogens is 1. The van der Waals surface area contributed by atoms with Crippen molar-refractivity contribution in [3.05, 3.63) is 28.2 Å². The van der Waals surface area contributed by atoms with Crippen molar-refractivity contribution < 1.29 is 9.59 Å². The van der Waals surface area contributed by atoms with Crippen molar-refractivity contribution in [3.8, 4) is 0 Å². The van der Waals surface area contributed by atoms with Gasteiger partial charge in [0.05, 0.1) is 0 Å². The number of carbonyl (C=O) groups excluding carboxylic acids is 2. The molecule has 0 aromatic heterocycles. The molecule has 0 aliphatic rings. The molecule has 21 heavy (non-hydrogen) atoms. The van der Waals surface area contributed by atoms with Crippen LogP contribution in [0, 0.1) is 6.92 Å². The van der Waals surface area contributed by atoms with Gasteiger partial charge in [-0.15, -0.1) is 0 Å². The number of unbranched alkanes of at least 4 members (excludes halogenated alkanes) is 2. The average molecular weight is 355 g/mol. The van der Waals surface area contributed by atoms with Crippen molar-refractivity contribution in [2.45, 2.75) is 40.0 Å². The van der Waals surface area contributed by atoms with Gasteiger partial charge in [-0.2, -0.15) is 0 Å². The molecule has 0 aliphatic carbocycles. The summed E-state index contributed by atoms with van der Waals surface area (Å²) in [5.74, 6) is -0.262. The van der Waals surface area contributed by atoms with Crippen LogP contribution in [0.15, 0.2) is 22.7 Å². The summed E-state index contributed by atoms with van der Waals surface area (Å²) in [6.45, 7) is 6.27. The second-order valence-corrected chi connectivity index (χ2v) is 5.95. The highest BCUT2D eigenvalue weighted by Gasteiger charge is 2.16. The fourth-order valence-electron chi connectivity index (χ4n) is 1.98. The lowest BCUT2D eigenvalue weighted by atomic mass is 10.2. The van der Waals surface area contributed by atoms with Crippen molar-refractivity contribution in [2.75, 3.05) is 18.0 Å². The van der Waals surface area contributed by atoms with E-state index in [1.54, 1.807) is 0 Å². The summed E-state index contributed by atoms with van der Waals surface area (Å²) < 4.78 is 0.985.